The maximum absolute atomic E-state index is 11.9. The summed E-state index contributed by atoms with van der Waals surface area (Å²) in [5.74, 6) is -0.305. The van der Waals surface area contributed by atoms with Crippen molar-refractivity contribution >= 4 is 16.1 Å². The predicted octanol–water partition coefficient (Wildman–Crippen LogP) is 2.82. The van der Waals surface area contributed by atoms with Gasteiger partial charge in [0.1, 0.15) is 0 Å². The summed E-state index contributed by atoms with van der Waals surface area (Å²) in [7, 11) is -3.68. The number of aryl methyl sites for hydroxylation is 1. The molecule has 5 nitrogen and oxygen atoms in total. The van der Waals surface area contributed by atoms with Crippen LogP contribution in [0.3, 0.4) is 0 Å². The smallest absolute Gasteiger partial charge is 0.302 e. The number of rotatable bonds is 8. The van der Waals surface area contributed by atoms with Crippen molar-refractivity contribution in [2.45, 2.75) is 51.0 Å². The van der Waals surface area contributed by atoms with Crippen molar-refractivity contribution in [2.24, 2.45) is 0 Å². The molecule has 1 atom stereocenters. The zero-order valence-electron chi connectivity index (χ0n) is 12.7. The molecule has 0 aromatic heterocycles. The van der Waals surface area contributed by atoms with Crippen LogP contribution >= 0.6 is 0 Å². The Morgan fingerprint density at radius 3 is 2.38 bits per heavy atom. The average molecular weight is 314 g/mol. The first-order chi connectivity index (χ1) is 9.81. The number of benzene rings is 1. The monoisotopic (exact) mass is 314 g/mol. The Kier molecular flexibility index (Phi) is 6.84. The van der Waals surface area contributed by atoms with Gasteiger partial charge in [-0.25, -0.2) is 0 Å². The molecule has 0 heterocycles. The topological polar surface area (TPSA) is 69.7 Å². The van der Waals surface area contributed by atoms with Gasteiger partial charge in [0.2, 0.25) is 0 Å². The number of esters is 1. The molecule has 0 radical (unpaired) electrons. The summed E-state index contributed by atoms with van der Waals surface area (Å²) in [5.41, 5.74) is 0.994. The molecule has 0 N–H and O–H groups in total. The van der Waals surface area contributed by atoms with Crippen LogP contribution in [0, 0.1) is 6.92 Å². The number of hydrogen-bond donors (Lipinski definition) is 0. The maximum atomic E-state index is 11.9. The highest BCUT2D eigenvalue weighted by molar-refractivity contribution is 7.86. The van der Waals surface area contributed by atoms with E-state index < -0.39 is 10.1 Å². The van der Waals surface area contributed by atoms with Crippen LogP contribution in [-0.4, -0.2) is 27.1 Å². The van der Waals surface area contributed by atoms with E-state index in [4.69, 9.17) is 8.92 Å². The van der Waals surface area contributed by atoms with Crippen LogP contribution in [-0.2, 0) is 23.8 Å². The van der Waals surface area contributed by atoms with E-state index in [9.17, 15) is 13.2 Å². The van der Waals surface area contributed by atoms with Crippen LogP contribution in [0.15, 0.2) is 29.2 Å². The molecule has 0 aliphatic heterocycles. The molecule has 1 rings (SSSR count). The third-order valence-electron chi connectivity index (χ3n) is 2.92. The van der Waals surface area contributed by atoms with Gasteiger partial charge in [0, 0.05) is 6.92 Å². The standard InChI is InChI=1S/C15H22O5S/c1-12-7-9-15(10-8-12)21(17,18)19-11-5-4-6-13(2)20-14(3)16/h7-10,13H,4-6,11H2,1-3H3. The van der Waals surface area contributed by atoms with Gasteiger partial charge in [0.05, 0.1) is 17.6 Å². The second-order valence-electron chi connectivity index (χ2n) is 5.00. The van der Waals surface area contributed by atoms with Gasteiger partial charge >= 0.3 is 5.97 Å². The van der Waals surface area contributed by atoms with Crippen molar-refractivity contribution in [3.8, 4) is 0 Å². The van der Waals surface area contributed by atoms with Gasteiger partial charge in [-0.2, -0.15) is 8.42 Å². The van der Waals surface area contributed by atoms with E-state index in [0.29, 0.717) is 12.8 Å². The van der Waals surface area contributed by atoms with Crippen LogP contribution < -0.4 is 0 Å². The van der Waals surface area contributed by atoms with Gasteiger partial charge in [0.25, 0.3) is 10.1 Å². The zero-order chi connectivity index (χ0) is 15.9. The van der Waals surface area contributed by atoms with Crippen LogP contribution in [0.2, 0.25) is 0 Å². The molecule has 0 saturated heterocycles. The fourth-order valence-electron chi connectivity index (χ4n) is 1.82. The second kappa shape index (κ2) is 8.14. The fraction of sp³-hybridized carbons (Fsp3) is 0.533. The third-order valence-corrected chi connectivity index (χ3v) is 4.25. The van der Waals surface area contributed by atoms with Crippen molar-refractivity contribution in [2.75, 3.05) is 6.61 Å². The lowest BCUT2D eigenvalue weighted by Gasteiger charge is -2.11. The lowest BCUT2D eigenvalue weighted by molar-refractivity contribution is -0.145. The van der Waals surface area contributed by atoms with Crippen LogP contribution in [0.25, 0.3) is 0 Å². The SMILES string of the molecule is CC(=O)OC(C)CCCCOS(=O)(=O)c1ccc(C)cc1. The molecule has 0 saturated carbocycles. The van der Waals surface area contributed by atoms with Gasteiger partial charge in [0.15, 0.2) is 0 Å². The normalized spacial score (nSPS) is 12.9. The molecule has 1 unspecified atom stereocenters. The van der Waals surface area contributed by atoms with Gasteiger partial charge in [-0.05, 0) is 45.2 Å². The lowest BCUT2D eigenvalue weighted by atomic mass is 10.2. The Hall–Kier alpha value is -1.40. The molecule has 0 bridgehead atoms. The molecule has 1 aromatic rings. The van der Waals surface area contributed by atoms with Gasteiger partial charge in [-0.3, -0.25) is 8.98 Å². The summed E-state index contributed by atoms with van der Waals surface area (Å²) in [4.78, 5) is 10.9. The summed E-state index contributed by atoms with van der Waals surface area (Å²) in [6.07, 6.45) is 1.86. The average Bonchev–Trinajstić information content (AvgIpc) is 2.37. The van der Waals surface area contributed by atoms with E-state index in [1.807, 2.05) is 13.8 Å². The molecule has 0 spiro atoms. The Morgan fingerprint density at radius 1 is 1.19 bits per heavy atom. The first-order valence-electron chi connectivity index (χ1n) is 6.94. The largest absolute Gasteiger partial charge is 0.463 e. The highest BCUT2D eigenvalue weighted by Gasteiger charge is 2.14. The summed E-state index contributed by atoms with van der Waals surface area (Å²) in [6.45, 7) is 5.20. The number of carbonyl (C=O) groups excluding carboxylic acids is 1. The second-order valence-corrected chi connectivity index (χ2v) is 6.62. The molecule has 118 valence electrons. The summed E-state index contributed by atoms with van der Waals surface area (Å²) in [5, 5.41) is 0. The molecule has 6 heteroatoms. The molecule has 0 aliphatic carbocycles. The zero-order valence-corrected chi connectivity index (χ0v) is 13.5. The molecular formula is C15H22O5S. The van der Waals surface area contributed by atoms with Gasteiger partial charge in [-0.15, -0.1) is 0 Å². The molecular weight excluding hydrogens is 292 g/mol. The van der Waals surface area contributed by atoms with Crippen molar-refractivity contribution in [3.63, 3.8) is 0 Å². The number of carbonyl (C=O) groups is 1. The Morgan fingerprint density at radius 2 is 1.81 bits per heavy atom. The highest BCUT2D eigenvalue weighted by atomic mass is 32.2. The molecule has 0 fully saturated rings. The minimum absolute atomic E-state index is 0.128. The van der Waals surface area contributed by atoms with Crippen molar-refractivity contribution < 1.29 is 22.1 Å². The quantitative estimate of drug-likeness (QED) is 0.419. The van der Waals surface area contributed by atoms with Crippen LogP contribution in [0.5, 0.6) is 0 Å². The molecule has 0 aliphatic rings. The van der Waals surface area contributed by atoms with E-state index >= 15 is 0 Å². The van der Waals surface area contributed by atoms with E-state index in [0.717, 1.165) is 12.0 Å². The van der Waals surface area contributed by atoms with Gasteiger partial charge in [-0.1, -0.05) is 17.7 Å². The Bertz CT molecular complexity index is 548. The van der Waals surface area contributed by atoms with E-state index in [1.165, 1.54) is 19.1 Å². The first kappa shape index (κ1) is 17.7. The fourth-order valence-corrected chi connectivity index (χ4v) is 2.76. The minimum Gasteiger partial charge on any atom is -0.463 e. The van der Waals surface area contributed by atoms with Crippen molar-refractivity contribution in [3.05, 3.63) is 29.8 Å². The van der Waals surface area contributed by atoms with E-state index in [-0.39, 0.29) is 23.6 Å². The van der Waals surface area contributed by atoms with E-state index in [1.54, 1.807) is 12.1 Å². The Labute approximate surface area is 126 Å². The number of hydrogen-bond acceptors (Lipinski definition) is 5. The van der Waals surface area contributed by atoms with Gasteiger partial charge < -0.3 is 4.74 Å². The third kappa shape index (κ3) is 6.73. The summed E-state index contributed by atoms with van der Waals surface area (Å²) in [6, 6.07) is 6.54. The van der Waals surface area contributed by atoms with Crippen molar-refractivity contribution in [1.82, 2.24) is 0 Å². The maximum Gasteiger partial charge on any atom is 0.302 e. The molecule has 0 amide bonds. The predicted molar refractivity (Wildman–Crippen MR) is 79.4 cm³/mol. The summed E-state index contributed by atoms with van der Waals surface area (Å²) < 4.78 is 33.8. The highest BCUT2D eigenvalue weighted by Crippen LogP contribution is 2.14. The minimum atomic E-state index is -3.68. The number of ether oxygens (including phenoxy) is 1. The molecule has 1 aromatic carbocycles. The van der Waals surface area contributed by atoms with E-state index in [2.05, 4.69) is 0 Å². The van der Waals surface area contributed by atoms with Crippen LogP contribution in [0.4, 0.5) is 0 Å². The number of unbranched alkanes of at least 4 members (excludes halogenated alkanes) is 1. The molecule has 21 heavy (non-hydrogen) atoms. The lowest BCUT2D eigenvalue weighted by Crippen LogP contribution is -2.12. The van der Waals surface area contributed by atoms with Crippen LogP contribution in [0.1, 0.15) is 38.7 Å². The van der Waals surface area contributed by atoms with Crippen molar-refractivity contribution in [1.29, 1.82) is 0 Å². The Balaban J connectivity index is 2.31. The summed E-state index contributed by atoms with van der Waals surface area (Å²) >= 11 is 0. The first-order valence-corrected chi connectivity index (χ1v) is 8.35.